The molecule has 3 aromatic rings. The van der Waals surface area contributed by atoms with Crippen molar-refractivity contribution in [3.63, 3.8) is 0 Å². The predicted octanol–water partition coefficient (Wildman–Crippen LogP) is 5.10. The maximum atomic E-state index is 13.1. The van der Waals surface area contributed by atoms with Gasteiger partial charge in [-0.25, -0.2) is 4.98 Å². The van der Waals surface area contributed by atoms with E-state index in [2.05, 4.69) is 24.4 Å². The van der Waals surface area contributed by atoms with E-state index >= 15 is 0 Å². The van der Waals surface area contributed by atoms with Gasteiger partial charge in [-0.1, -0.05) is 6.07 Å². The average Bonchev–Trinajstić information content (AvgIpc) is 3.47. The van der Waals surface area contributed by atoms with Crippen LogP contribution in [0.25, 0.3) is 20.8 Å². The second-order valence-corrected chi connectivity index (χ2v) is 12.3. The number of benzene rings is 2. The summed E-state index contributed by atoms with van der Waals surface area (Å²) in [6.45, 7) is 9.65. The Labute approximate surface area is 221 Å². The summed E-state index contributed by atoms with van der Waals surface area (Å²) in [4.78, 5) is 46.7. The third-order valence-electron chi connectivity index (χ3n) is 7.40. The Balaban J connectivity index is 1.14. The van der Waals surface area contributed by atoms with E-state index in [0.29, 0.717) is 32.5 Å². The van der Waals surface area contributed by atoms with Gasteiger partial charge in [-0.15, -0.1) is 11.3 Å². The zero-order valence-corrected chi connectivity index (χ0v) is 22.7. The highest BCUT2D eigenvalue weighted by Crippen LogP contribution is 2.32. The third kappa shape index (κ3) is 5.39. The van der Waals surface area contributed by atoms with Gasteiger partial charge in [-0.05, 0) is 82.5 Å². The second-order valence-electron chi connectivity index (χ2n) is 11.2. The first-order chi connectivity index (χ1) is 17.6. The number of thiazole rings is 1. The van der Waals surface area contributed by atoms with Crippen molar-refractivity contribution in [2.24, 2.45) is 11.8 Å². The summed E-state index contributed by atoms with van der Waals surface area (Å²) in [5, 5.41) is 4.00. The summed E-state index contributed by atoms with van der Waals surface area (Å²) in [6.07, 6.45) is 1.54. The molecule has 1 N–H and O–H groups in total. The highest BCUT2D eigenvalue weighted by Gasteiger charge is 2.41. The van der Waals surface area contributed by atoms with E-state index in [0.717, 1.165) is 21.8 Å². The van der Waals surface area contributed by atoms with Crippen molar-refractivity contribution in [2.75, 3.05) is 25.0 Å². The van der Waals surface area contributed by atoms with Crippen LogP contribution in [0.4, 0.5) is 5.69 Å². The van der Waals surface area contributed by atoms with Crippen molar-refractivity contribution in [1.82, 2.24) is 14.8 Å². The first-order valence-electron chi connectivity index (χ1n) is 13.0. The van der Waals surface area contributed by atoms with Crippen LogP contribution in [0.2, 0.25) is 0 Å². The Morgan fingerprint density at radius 3 is 2.38 bits per heavy atom. The van der Waals surface area contributed by atoms with Crippen molar-refractivity contribution in [1.29, 1.82) is 0 Å². The fourth-order valence-electron chi connectivity index (χ4n) is 5.24. The Morgan fingerprint density at radius 2 is 1.73 bits per heavy atom. The summed E-state index contributed by atoms with van der Waals surface area (Å²) in [7, 11) is 0. The van der Waals surface area contributed by atoms with Crippen LogP contribution >= 0.6 is 11.3 Å². The van der Waals surface area contributed by atoms with Crippen LogP contribution in [0.5, 0.6) is 0 Å². The normalized spacial score (nSPS) is 19.0. The van der Waals surface area contributed by atoms with Crippen LogP contribution in [-0.4, -0.2) is 57.7 Å². The minimum absolute atomic E-state index is 0.00902. The number of piperidine rings is 1. The van der Waals surface area contributed by atoms with E-state index < -0.39 is 0 Å². The van der Waals surface area contributed by atoms with E-state index in [1.807, 2.05) is 56.0 Å². The molecule has 1 aromatic heterocycles. The summed E-state index contributed by atoms with van der Waals surface area (Å²) < 4.78 is 1.17. The van der Waals surface area contributed by atoms with Crippen LogP contribution in [0, 0.1) is 18.8 Å². The number of likely N-dealkylation sites (tertiary alicyclic amines) is 2. The fourth-order valence-corrected chi connectivity index (χ4v) is 6.31. The van der Waals surface area contributed by atoms with Crippen molar-refractivity contribution >= 4 is 45.0 Å². The average molecular weight is 519 g/mol. The standard InChI is InChI=1S/C29H34N4O3S/c1-18-5-10-23-24(15-18)37-27(31-23)20-6-8-22(9-7-20)30-26(35)19-11-13-32(14-12-19)28(36)21-16-25(34)33(17-21)29(2,3)4/h5-10,15,19,21H,11-14,16-17H2,1-4H3,(H,30,35). The molecule has 0 aliphatic carbocycles. The van der Waals surface area contributed by atoms with Crippen LogP contribution in [0.1, 0.15) is 45.6 Å². The lowest BCUT2D eigenvalue weighted by atomic mass is 9.94. The molecule has 0 saturated carbocycles. The fraction of sp³-hybridized carbons (Fsp3) is 0.448. The molecule has 0 spiro atoms. The van der Waals surface area contributed by atoms with E-state index in [-0.39, 0.29) is 41.5 Å². The van der Waals surface area contributed by atoms with E-state index in [1.165, 1.54) is 10.3 Å². The molecule has 1 atom stereocenters. The van der Waals surface area contributed by atoms with Crippen LogP contribution < -0.4 is 5.32 Å². The molecule has 3 heterocycles. The summed E-state index contributed by atoms with van der Waals surface area (Å²) in [5.74, 6) is -0.336. The van der Waals surface area contributed by atoms with E-state index in [1.54, 1.807) is 16.2 Å². The van der Waals surface area contributed by atoms with Crippen LogP contribution in [0.15, 0.2) is 42.5 Å². The topological polar surface area (TPSA) is 82.6 Å². The predicted molar refractivity (Wildman–Crippen MR) is 147 cm³/mol. The van der Waals surface area contributed by atoms with E-state index in [9.17, 15) is 14.4 Å². The SMILES string of the molecule is Cc1ccc2nc(-c3ccc(NC(=O)C4CCN(C(=O)C5CC(=O)N(C(C)(C)C)C5)CC4)cc3)sc2c1. The maximum absolute atomic E-state index is 13.1. The molecule has 37 heavy (non-hydrogen) atoms. The van der Waals surface area contributed by atoms with Gasteiger partial charge < -0.3 is 15.1 Å². The lowest BCUT2D eigenvalue weighted by Crippen LogP contribution is -2.46. The number of hydrogen-bond donors (Lipinski definition) is 1. The second kappa shape index (κ2) is 9.89. The number of fused-ring (bicyclic) bond motifs is 1. The number of amides is 3. The maximum Gasteiger partial charge on any atom is 0.227 e. The first kappa shape index (κ1) is 25.4. The van der Waals surface area contributed by atoms with Crippen molar-refractivity contribution in [2.45, 2.75) is 52.5 Å². The molecule has 0 radical (unpaired) electrons. The monoisotopic (exact) mass is 518 g/mol. The molecule has 2 aliphatic rings. The van der Waals surface area contributed by atoms with Gasteiger partial charge in [0.05, 0.1) is 16.1 Å². The number of anilines is 1. The number of nitrogens with one attached hydrogen (secondary N) is 1. The molecular formula is C29H34N4O3S. The van der Waals surface area contributed by atoms with Gasteiger partial charge in [0.1, 0.15) is 5.01 Å². The molecule has 7 nitrogen and oxygen atoms in total. The Bertz CT molecular complexity index is 1330. The third-order valence-corrected chi connectivity index (χ3v) is 8.47. The van der Waals surface area contributed by atoms with Crippen molar-refractivity contribution in [3.8, 4) is 10.6 Å². The van der Waals surface area contributed by atoms with Gasteiger partial charge in [0.25, 0.3) is 0 Å². The summed E-state index contributed by atoms with van der Waals surface area (Å²) in [5.41, 5.74) is 3.73. The summed E-state index contributed by atoms with van der Waals surface area (Å²) in [6, 6.07) is 14.1. The zero-order chi connectivity index (χ0) is 26.3. The van der Waals surface area contributed by atoms with Gasteiger partial charge >= 0.3 is 0 Å². The molecule has 8 heteroatoms. The van der Waals surface area contributed by atoms with Crippen LogP contribution in [-0.2, 0) is 14.4 Å². The van der Waals surface area contributed by atoms with Gasteiger partial charge in [-0.2, -0.15) is 0 Å². The lowest BCUT2D eigenvalue weighted by molar-refractivity contribution is -0.138. The van der Waals surface area contributed by atoms with Crippen molar-refractivity contribution in [3.05, 3.63) is 48.0 Å². The Kier molecular flexibility index (Phi) is 6.79. The number of rotatable bonds is 4. The molecule has 0 bridgehead atoms. The molecular weight excluding hydrogens is 484 g/mol. The number of nitrogens with zero attached hydrogens (tertiary/aromatic N) is 3. The first-order valence-corrected chi connectivity index (χ1v) is 13.8. The number of carbonyl (C=O) groups excluding carboxylic acids is 3. The molecule has 5 rings (SSSR count). The Hall–Kier alpha value is -3.26. The molecule has 194 valence electrons. The molecule has 1 unspecified atom stereocenters. The zero-order valence-electron chi connectivity index (χ0n) is 21.9. The van der Waals surface area contributed by atoms with Gasteiger partial charge in [-0.3, -0.25) is 14.4 Å². The molecule has 3 amide bonds. The quantitative estimate of drug-likeness (QED) is 0.521. The number of carbonyl (C=O) groups is 3. The molecule has 2 saturated heterocycles. The number of aryl methyl sites for hydroxylation is 1. The minimum Gasteiger partial charge on any atom is -0.342 e. The minimum atomic E-state index is -0.282. The molecule has 2 aromatic carbocycles. The Morgan fingerprint density at radius 1 is 1.03 bits per heavy atom. The number of aromatic nitrogens is 1. The highest BCUT2D eigenvalue weighted by molar-refractivity contribution is 7.21. The molecule has 2 fully saturated rings. The van der Waals surface area contributed by atoms with Crippen LogP contribution in [0.3, 0.4) is 0 Å². The van der Waals surface area contributed by atoms with E-state index in [4.69, 9.17) is 4.98 Å². The lowest BCUT2D eigenvalue weighted by Gasteiger charge is -2.34. The number of hydrogen-bond acceptors (Lipinski definition) is 5. The molecule has 2 aliphatic heterocycles. The van der Waals surface area contributed by atoms with Crippen molar-refractivity contribution < 1.29 is 14.4 Å². The smallest absolute Gasteiger partial charge is 0.227 e. The highest BCUT2D eigenvalue weighted by atomic mass is 32.1. The summed E-state index contributed by atoms with van der Waals surface area (Å²) >= 11 is 1.67. The largest absolute Gasteiger partial charge is 0.342 e. The van der Waals surface area contributed by atoms with Gasteiger partial charge in [0.15, 0.2) is 0 Å². The van der Waals surface area contributed by atoms with Gasteiger partial charge in [0, 0.05) is 48.8 Å². The van der Waals surface area contributed by atoms with Gasteiger partial charge in [0.2, 0.25) is 17.7 Å².